The average molecular weight is 510 g/mol. The first-order valence-electron chi connectivity index (χ1n) is 12.6. The minimum Gasteiger partial charge on any atom is -0.376 e. The molecular weight excluding hydrogens is 473 g/mol. The number of anilines is 1. The van der Waals surface area contributed by atoms with E-state index in [0.29, 0.717) is 26.2 Å². The van der Waals surface area contributed by atoms with Crippen LogP contribution < -0.4 is 10.6 Å². The molecule has 0 atom stereocenters. The van der Waals surface area contributed by atoms with Gasteiger partial charge in [-0.1, -0.05) is 13.0 Å². The topological polar surface area (TPSA) is 85.7 Å². The number of hydrazine groups is 1. The zero-order chi connectivity index (χ0) is 26.7. The fourth-order valence-corrected chi connectivity index (χ4v) is 4.72. The minimum atomic E-state index is -0.282. The SMILES string of the molecule is CCNCCN(CC(=O)N(C)N1Cc2ccc(F)cc2C1)C(=O)CNc1cc2c(C)nn(C)c2cc1C. The Bertz CT molecular complexity index is 1310. The molecule has 0 unspecified atom stereocenters. The maximum absolute atomic E-state index is 13.6. The van der Waals surface area contributed by atoms with Crippen LogP contribution in [-0.4, -0.2) is 76.3 Å². The van der Waals surface area contributed by atoms with Crippen LogP contribution in [0.4, 0.5) is 10.1 Å². The number of likely N-dealkylation sites (N-methyl/N-ethyl adjacent to an activating group) is 2. The van der Waals surface area contributed by atoms with Gasteiger partial charge in [-0.25, -0.2) is 9.40 Å². The number of halogens is 1. The number of aromatic nitrogens is 2. The van der Waals surface area contributed by atoms with Gasteiger partial charge in [0.1, 0.15) is 12.4 Å². The molecule has 0 bridgehead atoms. The lowest BCUT2D eigenvalue weighted by Gasteiger charge is -2.31. The van der Waals surface area contributed by atoms with E-state index in [4.69, 9.17) is 0 Å². The fourth-order valence-electron chi connectivity index (χ4n) is 4.72. The van der Waals surface area contributed by atoms with Crippen LogP contribution in [-0.2, 0) is 29.7 Å². The number of amides is 2. The molecule has 2 heterocycles. The van der Waals surface area contributed by atoms with E-state index >= 15 is 0 Å². The van der Waals surface area contributed by atoms with E-state index in [1.54, 1.807) is 23.0 Å². The largest absolute Gasteiger partial charge is 0.376 e. The number of hydrogen-bond donors (Lipinski definition) is 2. The lowest BCUT2D eigenvalue weighted by Crippen LogP contribution is -2.49. The quantitative estimate of drug-likeness (QED) is 0.409. The molecule has 0 fully saturated rings. The van der Waals surface area contributed by atoms with E-state index in [1.807, 2.05) is 43.6 Å². The summed E-state index contributed by atoms with van der Waals surface area (Å²) in [6.45, 7) is 8.76. The van der Waals surface area contributed by atoms with Crippen LogP contribution in [0.15, 0.2) is 30.3 Å². The molecule has 0 radical (unpaired) electrons. The third kappa shape index (κ3) is 5.91. The molecule has 2 aromatic carbocycles. The van der Waals surface area contributed by atoms with Crippen molar-refractivity contribution in [2.75, 3.05) is 45.1 Å². The van der Waals surface area contributed by atoms with E-state index < -0.39 is 0 Å². The number of fused-ring (bicyclic) bond motifs is 2. The molecule has 1 aliphatic heterocycles. The Balaban J connectivity index is 1.41. The molecule has 1 aliphatic rings. The van der Waals surface area contributed by atoms with Crippen molar-refractivity contribution in [1.82, 2.24) is 30.0 Å². The van der Waals surface area contributed by atoms with E-state index in [9.17, 15) is 14.0 Å². The molecule has 2 amide bonds. The molecule has 1 aromatic heterocycles. The van der Waals surface area contributed by atoms with Crippen LogP contribution in [0.1, 0.15) is 29.3 Å². The lowest BCUT2D eigenvalue weighted by molar-refractivity contribution is -0.151. The summed E-state index contributed by atoms with van der Waals surface area (Å²) in [6.07, 6.45) is 0. The van der Waals surface area contributed by atoms with Gasteiger partial charge in [0.25, 0.3) is 5.91 Å². The van der Waals surface area contributed by atoms with Crippen LogP contribution in [0.5, 0.6) is 0 Å². The Morgan fingerprint density at radius 2 is 1.86 bits per heavy atom. The summed E-state index contributed by atoms with van der Waals surface area (Å²) in [5, 5.41) is 15.4. The number of hydrogen-bond acceptors (Lipinski definition) is 6. The lowest BCUT2D eigenvalue weighted by atomic mass is 10.1. The molecule has 9 nitrogen and oxygen atoms in total. The Morgan fingerprint density at radius 1 is 1.11 bits per heavy atom. The Hall–Kier alpha value is -3.50. The molecule has 3 aromatic rings. The third-order valence-electron chi connectivity index (χ3n) is 6.96. The summed E-state index contributed by atoms with van der Waals surface area (Å²) in [4.78, 5) is 28.0. The standard InChI is InChI=1S/C27H36FN7O2/c1-6-29-9-10-34(17-27(37)33(5)35-15-20-7-8-22(28)12-21(20)16-35)26(36)14-30-24-13-23-19(3)31-32(4)25(23)11-18(24)2/h7-8,11-13,29-30H,6,9-10,14-17H2,1-5H3. The molecule has 4 rings (SSSR count). The Labute approximate surface area is 217 Å². The molecule has 0 spiro atoms. The highest BCUT2D eigenvalue weighted by atomic mass is 19.1. The number of nitrogens with one attached hydrogen (secondary N) is 2. The summed E-state index contributed by atoms with van der Waals surface area (Å²) in [6, 6.07) is 8.79. The van der Waals surface area contributed by atoms with Crippen molar-refractivity contribution in [1.29, 1.82) is 0 Å². The van der Waals surface area contributed by atoms with Crippen molar-refractivity contribution in [2.24, 2.45) is 7.05 Å². The first-order valence-corrected chi connectivity index (χ1v) is 12.6. The van der Waals surface area contributed by atoms with E-state index in [2.05, 4.69) is 21.8 Å². The molecule has 2 N–H and O–H groups in total. The van der Waals surface area contributed by atoms with Crippen LogP contribution in [0.3, 0.4) is 0 Å². The van der Waals surface area contributed by atoms with Gasteiger partial charge in [-0.2, -0.15) is 5.10 Å². The van der Waals surface area contributed by atoms with Gasteiger partial charge in [-0.15, -0.1) is 0 Å². The van der Waals surface area contributed by atoms with Crippen LogP contribution in [0.25, 0.3) is 10.9 Å². The van der Waals surface area contributed by atoms with Crippen molar-refractivity contribution in [3.8, 4) is 0 Å². The van der Waals surface area contributed by atoms with Crippen molar-refractivity contribution in [2.45, 2.75) is 33.9 Å². The van der Waals surface area contributed by atoms with E-state index in [0.717, 1.165) is 45.5 Å². The predicted octanol–water partition coefficient (Wildman–Crippen LogP) is 2.57. The van der Waals surface area contributed by atoms with Crippen LogP contribution >= 0.6 is 0 Å². The van der Waals surface area contributed by atoms with Gasteiger partial charge in [0, 0.05) is 51.3 Å². The Morgan fingerprint density at radius 3 is 2.62 bits per heavy atom. The number of rotatable bonds is 10. The second kappa shape index (κ2) is 11.3. The van der Waals surface area contributed by atoms with Crippen LogP contribution in [0.2, 0.25) is 0 Å². The zero-order valence-corrected chi connectivity index (χ0v) is 22.3. The monoisotopic (exact) mass is 509 g/mol. The Kier molecular flexibility index (Phi) is 8.09. The molecule has 10 heteroatoms. The summed E-state index contributed by atoms with van der Waals surface area (Å²) >= 11 is 0. The van der Waals surface area contributed by atoms with Crippen molar-refractivity contribution in [3.05, 3.63) is 58.5 Å². The second-order valence-corrected chi connectivity index (χ2v) is 9.57. The van der Waals surface area contributed by atoms with Gasteiger partial charge >= 0.3 is 0 Å². The van der Waals surface area contributed by atoms with Crippen molar-refractivity contribution < 1.29 is 14.0 Å². The van der Waals surface area contributed by atoms with E-state index in [1.165, 1.54) is 12.1 Å². The highest BCUT2D eigenvalue weighted by Crippen LogP contribution is 2.26. The van der Waals surface area contributed by atoms with Gasteiger partial charge in [-0.3, -0.25) is 19.3 Å². The second-order valence-electron chi connectivity index (χ2n) is 9.57. The smallest absolute Gasteiger partial charge is 0.256 e. The first-order chi connectivity index (χ1) is 17.7. The molecule has 0 aliphatic carbocycles. The third-order valence-corrected chi connectivity index (χ3v) is 6.96. The number of nitrogens with zero attached hydrogens (tertiary/aromatic N) is 5. The normalized spacial score (nSPS) is 13.1. The molecular formula is C27H36FN7O2. The minimum absolute atomic E-state index is 0.0383. The molecule has 198 valence electrons. The summed E-state index contributed by atoms with van der Waals surface area (Å²) in [5.74, 6) is -0.633. The summed E-state index contributed by atoms with van der Waals surface area (Å²) in [7, 11) is 3.62. The van der Waals surface area contributed by atoms with Gasteiger partial charge in [0.15, 0.2) is 0 Å². The number of benzene rings is 2. The summed E-state index contributed by atoms with van der Waals surface area (Å²) < 4.78 is 15.5. The van der Waals surface area contributed by atoms with Gasteiger partial charge < -0.3 is 15.5 Å². The fraction of sp³-hybridized carbons (Fsp3) is 0.444. The number of carbonyl (C=O) groups is 2. The zero-order valence-electron chi connectivity index (χ0n) is 22.3. The molecule has 0 saturated carbocycles. The van der Waals surface area contributed by atoms with E-state index in [-0.39, 0.29) is 30.7 Å². The predicted molar refractivity (Wildman–Crippen MR) is 142 cm³/mol. The molecule has 37 heavy (non-hydrogen) atoms. The highest BCUT2D eigenvalue weighted by Gasteiger charge is 2.27. The average Bonchev–Trinajstić information content (AvgIpc) is 3.40. The van der Waals surface area contributed by atoms with Crippen molar-refractivity contribution in [3.63, 3.8) is 0 Å². The molecule has 0 saturated heterocycles. The first kappa shape index (κ1) is 26.6. The maximum atomic E-state index is 13.6. The van der Waals surface area contributed by atoms with Gasteiger partial charge in [-0.05, 0) is 61.3 Å². The number of carbonyl (C=O) groups excluding carboxylic acids is 2. The number of aryl methyl sites for hydroxylation is 3. The van der Waals surface area contributed by atoms with Crippen LogP contribution in [0, 0.1) is 19.7 Å². The van der Waals surface area contributed by atoms with Crippen molar-refractivity contribution >= 4 is 28.4 Å². The van der Waals surface area contributed by atoms with Gasteiger partial charge in [0.05, 0.1) is 17.8 Å². The maximum Gasteiger partial charge on any atom is 0.256 e. The summed E-state index contributed by atoms with van der Waals surface area (Å²) in [5.41, 5.74) is 5.73. The highest BCUT2D eigenvalue weighted by molar-refractivity contribution is 5.89. The van der Waals surface area contributed by atoms with Gasteiger partial charge in [0.2, 0.25) is 5.91 Å².